The van der Waals surface area contributed by atoms with Crippen molar-refractivity contribution in [3.63, 3.8) is 0 Å². The third-order valence-electron chi connectivity index (χ3n) is 4.18. The normalized spacial score (nSPS) is 19.1. The molecule has 1 saturated carbocycles. The number of anilines is 1. The maximum atomic E-state index is 12.5. The second-order valence-electron chi connectivity index (χ2n) is 5.66. The molecule has 1 aliphatic carbocycles. The van der Waals surface area contributed by atoms with Crippen LogP contribution in [0.5, 0.6) is 5.75 Å². The zero-order valence-corrected chi connectivity index (χ0v) is 13.4. The molecule has 2 aliphatic rings. The number of likely N-dealkylation sites (N-methyl/N-ethyl adjacent to an activating group) is 1. The number of fused-ring (bicyclic) bond motifs is 1. The van der Waals surface area contributed by atoms with Gasteiger partial charge in [-0.3, -0.25) is 4.79 Å². The van der Waals surface area contributed by atoms with E-state index in [1.807, 2.05) is 6.92 Å². The molecular formula is C15H20N2O4S. The lowest BCUT2D eigenvalue weighted by atomic mass is 10.2. The topological polar surface area (TPSA) is 75.7 Å². The number of hydrogen-bond donors (Lipinski definition) is 1. The van der Waals surface area contributed by atoms with Crippen LogP contribution in [-0.2, 0) is 14.8 Å². The number of sulfonamides is 1. The summed E-state index contributed by atoms with van der Waals surface area (Å²) in [5.74, 6) is 0.384. The maximum Gasteiger partial charge on any atom is 0.265 e. The quantitative estimate of drug-likeness (QED) is 0.914. The van der Waals surface area contributed by atoms with Crippen molar-refractivity contribution in [1.29, 1.82) is 0 Å². The number of rotatable bonds is 4. The predicted octanol–water partition coefficient (Wildman–Crippen LogP) is 1.65. The summed E-state index contributed by atoms with van der Waals surface area (Å²) in [5.41, 5.74) is 0.521. The average molecular weight is 324 g/mol. The van der Waals surface area contributed by atoms with Gasteiger partial charge in [-0.2, -0.15) is 0 Å². The minimum atomic E-state index is -3.57. The van der Waals surface area contributed by atoms with Crippen molar-refractivity contribution in [2.45, 2.75) is 43.5 Å². The number of benzene rings is 1. The SMILES string of the molecule is CCN1C(=O)COc2ccc(S(=O)(=O)NC3CCCC3)cc21. The highest BCUT2D eigenvalue weighted by Gasteiger charge is 2.28. The van der Waals surface area contributed by atoms with Gasteiger partial charge in [-0.15, -0.1) is 0 Å². The Hall–Kier alpha value is -1.60. The van der Waals surface area contributed by atoms with Crippen LogP contribution in [0.1, 0.15) is 32.6 Å². The lowest BCUT2D eigenvalue weighted by Gasteiger charge is -2.28. The second kappa shape index (κ2) is 5.89. The van der Waals surface area contributed by atoms with Crippen LogP contribution in [0, 0.1) is 0 Å². The predicted molar refractivity (Wildman–Crippen MR) is 82.5 cm³/mol. The van der Waals surface area contributed by atoms with Gasteiger partial charge in [0.25, 0.3) is 5.91 Å². The lowest BCUT2D eigenvalue weighted by Crippen LogP contribution is -2.39. The van der Waals surface area contributed by atoms with E-state index in [2.05, 4.69) is 4.72 Å². The van der Waals surface area contributed by atoms with Crippen molar-refractivity contribution in [3.05, 3.63) is 18.2 Å². The summed E-state index contributed by atoms with van der Waals surface area (Å²) in [6.45, 7) is 2.33. The van der Waals surface area contributed by atoms with Gasteiger partial charge < -0.3 is 9.64 Å². The van der Waals surface area contributed by atoms with Crippen LogP contribution in [0.2, 0.25) is 0 Å². The van der Waals surface area contributed by atoms with E-state index in [0.29, 0.717) is 18.0 Å². The molecule has 1 fully saturated rings. The van der Waals surface area contributed by atoms with Crippen LogP contribution >= 0.6 is 0 Å². The highest BCUT2D eigenvalue weighted by Crippen LogP contribution is 2.34. The molecule has 0 aromatic heterocycles. The fourth-order valence-corrected chi connectivity index (χ4v) is 4.35. The average Bonchev–Trinajstić information content (AvgIpc) is 2.98. The number of carbonyl (C=O) groups excluding carboxylic acids is 1. The van der Waals surface area contributed by atoms with Crippen LogP contribution in [0.3, 0.4) is 0 Å². The number of amides is 1. The first-order valence-electron chi connectivity index (χ1n) is 7.61. The van der Waals surface area contributed by atoms with Crippen molar-refractivity contribution < 1.29 is 17.9 Å². The zero-order valence-electron chi connectivity index (χ0n) is 12.5. The van der Waals surface area contributed by atoms with Gasteiger partial charge in [0, 0.05) is 12.6 Å². The highest BCUT2D eigenvalue weighted by atomic mass is 32.2. The van der Waals surface area contributed by atoms with Crippen LogP contribution in [0.4, 0.5) is 5.69 Å². The summed E-state index contributed by atoms with van der Waals surface area (Å²) in [6, 6.07) is 4.68. The molecule has 7 heteroatoms. The standard InChI is InChI=1S/C15H20N2O4S/c1-2-17-13-9-12(7-8-14(13)21-10-15(17)18)22(19,20)16-11-5-3-4-6-11/h7-9,11,16H,2-6,10H2,1H3. The molecule has 1 heterocycles. The van der Waals surface area contributed by atoms with E-state index in [4.69, 9.17) is 4.74 Å². The molecule has 1 aromatic carbocycles. The summed E-state index contributed by atoms with van der Waals surface area (Å²) in [4.78, 5) is 13.6. The number of nitrogens with one attached hydrogen (secondary N) is 1. The zero-order chi connectivity index (χ0) is 15.7. The number of ether oxygens (including phenoxy) is 1. The molecular weight excluding hydrogens is 304 g/mol. The van der Waals surface area contributed by atoms with Crippen molar-refractivity contribution in [2.75, 3.05) is 18.1 Å². The summed E-state index contributed by atoms with van der Waals surface area (Å²) < 4.78 is 33.1. The Morgan fingerprint density at radius 3 is 2.73 bits per heavy atom. The van der Waals surface area contributed by atoms with Gasteiger partial charge in [-0.05, 0) is 38.0 Å². The van der Waals surface area contributed by atoms with E-state index in [1.54, 1.807) is 11.0 Å². The largest absolute Gasteiger partial charge is 0.482 e. The maximum absolute atomic E-state index is 12.5. The molecule has 0 radical (unpaired) electrons. The van der Waals surface area contributed by atoms with Crippen molar-refractivity contribution in [2.24, 2.45) is 0 Å². The van der Waals surface area contributed by atoms with E-state index in [9.17, 15) is 13.2 Å². The molecule has 0 spiro atoms. The van der Waals surface area contributed by atoms with Gasteiger partial charge in [0.1, 0.15) is 5.75 Å². The number of nitrogens with zero attached hydrogens (tertiary/aromatic N) is 1. The van der Waals surface area contributed by atoms with Crippen LogP contribution < -0.4 is 14.4 Å². The Balaban J connectivity index is 1.92. The Bertz CT molecular complexity index is 681. The molecule has 0 saturated heterocycles. The van der Waals surface area contributed by atoms with E-state index in [1.165, 1.54) is 12.1 Å². The third-order valence-corrected chi connectivity index (χ3v) is 5.70. The lowest BCUT2D eigenvalue weighted by molar-refractivity contribution is -0.121. The van der Waals surface area contributed by atoms with E-state index < -0.39 is 10.0 Å². The Kier molecular flexibility index (Phi) is 4.10. The summed E-state index contributed by atoms with van der Waals surface area (Å²) in [6.07, 6.45) is 3.88. The summed E-state index contributed by atoms with van der Waals surface area (Å²) in [7, 11) is -3.57. The fraction of sp³-hybridized carbons (Fsp3) is 0.533. The molecule has 1 aromatic rings. The molecule has 0 atom stereocenters. The van der Waals surface area contributed by atoms with Gasteiger partial charge in [0.05, 0.1) is 10.6 Å². The van der Waals surface area contributed by atoms with Gasteiger partial charge in [-0.1, -0.05) is 12.8 Å². The molecule has 1 amide bonds. The molecule has 120 valence electrons. The minimum absolute atomic E-state index is 0.00669. The van der Waals surface area contributed by atoms with Crippen LogP contribution in [-0.4, -0.2) is 33.5 Å². The van der Waals surface area contributed by atoms with Gasteiger partial charge in [0.2, 0.25) is 10.0 Å². The molecule has 22 heavy (non-hydrogen) atoms. The number of carbonyl (C=O) groups is 1. The molecule has 0 unspecified atom stereocenters. The van der Waals surface area contributed by atoms with Crippen molar-refractivity contribution in [3.8, 4) is 5.75 Å². The Morgan fingerprint density at radius 2 is 2.05 bits per heavy atom. The van der Waals surface area contributed by atoms with Gasteiger partial charge in [0.15, 0.2) is 6.61 Å². The van der Waals surface area contributed by atoms with E-state index >= 15 is 0 Å². The minimum Gasteiger partial charge on any atom is -0.482 e. The first-order valence-corrected chi connectivity index (χ1v) is 9.09. The van der Waals surface area contributed by atoms with Crippen molar-refractivity contribution in [1.82, 2.24) is 4.72 Å². The van der Waals surface area contributed by atoms with Crippen LogP contribution in [0.25, 0.3) is 0 Å². The molecule has 0 bridgehead atoms. The van der Waals surface area contributed by atoms with Crippen molar-refractivity contribution >= 4 is 21.6 Å². The molecule has 3 rings (SSSR count). The molecule has 1 aliphatic heterocycles. The Labute approximate surface area is 130 Å². The Morgan fingerprint density at radius 1 is 1.32 bits per heavy atom. The first-order chi connectivity index (χ1) is 10.5. The van der Waals surface area contributed by atoms with Crippen LogP contribution in [0.15, 0.2) is 23.1 Å². The fourth-order valence-electron chi connectivity index (χ4n) is 3.03. The third kappa shape index (κ3) is 2.83. The monoisotopic (exact) mass is 324 g/mol. The summed E-state index contributed by atoms with van der Waals surface area (Å²) in [5, 5.41) is 0. The second-order valence-corrected chi connectivity index (χ2v) is 7.37. The molecule has 6 nitrogen and oxygen atoms in total. The first kappa shape index (κ1) is 15.3. The highest BCUT2D eigenvalue weighted by molar-refractivity contribution is 7.89. The van der Waals surface area contributed by atoms with Gasteiger partial charge in [-0.25, -0.2) is 13.1 Å². The molecule has 1 N–H and O–H groups in total. The van der Waals surface area contributed by atoms with Gasteiger partial charge >= 0.3 is 0 Å². The summed E-state index contributed by atoms with van der Waals surface area (Å²) >= 11 is 0. The smallest absolute Gasteiger partial charge is 0.265 e. The number of hydrogen-bond acceptors (Lipinski definition) is 4. The van der Waals surface area contributed by atoms with E-state index in [-0.39, 0.29) is 23.5 Å². The van der Waals surface area contributed by atoms with E-state index in [0.717, 1.165) is 25.7 Å².